The van der Waals surface area contributed by atoms with Gasteiger partial charge in [-0.05, 0) is 19.3 Å². The minimum Gasteiger partial charge on any atom is -0.356 e. The molecule has 5 nitrogen and oxygen atoms in total. The molecule has 0 aliphatic heterocycles. The highest BCUT2D eigenvalue weighted by Crippen LogP contribution is 2.37. The smallest absolute Gasteiger partial charge is 0.225 e. The number of H-pyrrole nitrogens is 1. The Morgan fingerprint density at radius 3 is 2.94 bits per heavy atom. The third-order valence-corrected chi connectivity index (χ3v) is 3.60. The molecule has 0 radical (unpaired) electrons. The number of nitrogens with zero attached hydrogens (tertiary/aromatic N) is 2. The number of aryl methyl sites for hydroxylation is 1. The van der Waals surface area contributed by atoms with E-state index in [2.05, 4.69) is 27.4 Å². The Bertz CT molecular complexity index is 355. The molecule has 0 bridgehead atoms. The summed E-state index contributed by atoms with van der Waals surface area (Å²) in [6.45, 7) is 2.79. The fourth-order valence-electron chi connectivity index (χ4n) is 2.40. The maximum Gasteiger partial charge on any atom is 0.225 e. The lowest BCUT2D eigenvalue weighted by Gasteiger charge is -2.22. The molecule has 17 heavy (non-hydrogen) atoms. The van der Waals surface area contributed by atoms with E-state index in [1.54, 1.807) is 0 Å². The van der Waals surface area contributed by atoms with Crippen LogP contribution in [0.15, 0.2) is 6.33 Å². The van der Waals surface area contributed by atoms with Gasteiger partial charge in [0.2, 0.25) is 5.91 Å². The minimum atomic E-state index is -0.119. The van der Waals surface area contributed by atoms with Crippen LogP contribution in [0.4, 0.5) is 0 Å². The number of carbonyl (C=O) groups is 1. The van der Waals surface area contributed by atoms with Gasteiger partial charge in [0, 0.05) is 18.4 Å². The molecule has 1 aliphatic carbocycles. The van der Waals surface area contributed by atoms with E-state index in [0.29, 0.717) is 0 Å². The van der Waals surface area contributed by atoms with Crippen molar-refractivity contribution in [2.45, 2.75) is 45.4 Å². The molecule has 0 atom stereocenters. The zero-order chi connectivity index (χ0) is 12.1. The van der Waals surface area contributed by atoms with Crippen molar-refractivity contribution in [1.82, 2.24) is 20.5 Å². The van der Waals surface area contributed by atoms with Gasteiger partial charge in [-0.2, -0.15) is 5.10 Å². The average molecular weight is 236 g/mol. The molecule has 94 valence electrons. The molecule has 1 saturated carbocycles. The molecule has 1 aliphatic rings. The number of rotatable bonds is 5. The van der Waals surface area contributed by atoms with Crippen molar-refractivity contribution in [3.8, 4) is 0 Å². The summed E-state index contributed by atoms with van der Waals surface area (Å²) < 4.78 is 0. The summed E-state index contributed by atoms with van der Waals surface area (Å²) in [5.41, 5.74) is -0.119. The lowest BCUT2D eigenvalue weighted by Crippen LogP contribution is -2.37. The zero-order valence-electron chi connectivity index (χ0n) is 10.3. The average Bonchev–Trinajstić information content (AvgIpc) is 2.96. The van der Waals surface area contributed by atoms with E-state index in [0.717, 1.165) is 38.1 Å². The van der Waals surface area contributed by atoms with E-state index >= 15 is 0 Å². The Kier molecular flexibility index (Phi) is 3.76. The van der Waals surface area contributed by atoms with Crippen LogP contribution in [0.2, 0.25) is 0 Å². The Hall–Kier alpha value is -1.39. The zero-order valence-corrected chi connectivity index (χ0v) is 10.3. The molecular formula is C12H20N4O. The van der Waals surface area contributed by atoms with Crippen molar-refractivity contribution in [2.75, 3.05) is 6.54 Å². The van der Waals surface area contributed by atoms with Crippen molar-refractivity contribution < 1.29 is 4.79 Å². The SMILES string of the molecule is CC1(C(=O)NCCCc2ncn[nH]2)CCCC1. The maximum atomic E-state index is 12.0. The summed E-state index contributed by atoms with van der Waals surface area (Å²) in [6, 6.07) is 0. The first-order chi connectivity index (χ1) is 8.21. The molecule has 1 heterocycles. The van der Waals surface area contributed by atoms with Crippen LogP contribution in [0.1, 0.15) is 44.9 Å². The second-order valence-corrected chi connectivity index (χ2v) is 5.06. The Balaban J connectivity index is 1.66. The Morgan fingerprint density at radius 1 is 1.53 bits per heavy atom. The van der Waals surface area contributed by atoms with Crippen LogP contribution in [0.5, 0.6) is 0 Å². The molecule has 0 saturated heterocycles. The maximum absolute atomic E-state index is 12.0. The van der Waals surface area contributed by atoms with E-state index < -0.39 is 0 Å². The van der Waals surface area contributed by atoms with Crippen LogP contribution < -0.4 is 5.32 Å². The summed E-state index contributed by atoms with van der Waals surface area (Å²) >= 11 is 0. The standard InChI is InChI=1S/C12H20N4O/c1-12(6-2-3-7-12)11(17)13-8-4-5-10-14-9-15-16-10/h9H,2-8H2,1H3,(H,13,17)(H,14,15,16). The molecule has 1 aromatic rings. The van der Waals surface area contributed by atoms with Gasteiger partial charge in [-0.3, -0.25) is 9.89 Å². The first-order valence-electron chi connectivity index (χ1n) is 6.33. The topological polar surface area (TPSA) is 70.7 Å². The summed E-state index contributed by atoms with van der Waals surface area (Å²) in [4.78, 5) is 16.0. The highest BCUT2D eigenvalue weighted by molar-refractivity contribution is 5.82. The van der Waals surface area contributed by atoms with Gasteiger partial charge in [0.1, 0.15) is 12.2 Å². The number of hydrogen-bond donors (Lipinski definition) is 2. The van der Waals surface area contributed by atoms with Crippen LogP contribution in [0, 0.1) is 5.41 Å². The van der Waals surface area contributed by atoms with Gasteiger partial charge in [0.05, 0.1) is 0 Å². The predicted molar refractivity (Wildman–Crippen MR) is 64.3 cm³/mol. The fourth-order valence-corrected chi connectivity index (χ4v) is 2.40. The lowest BCUT2D eigenvalue weighted by molar-refractivity contribution is -0.129. The summed E-state index contributed by atoms with van der Waals surface area (Å²) in [5, 5.41) is 9.63. The molecule has 2 rings (SSSR count). The third-order valence-electron chi connectivity index (χ3n) is 3.60. The molecule has 1 amide bonds. The van der Waals surface area contributed by atoms with Crippen molar-refractivity contribution in [3.63, 3.8) is 0 Å². The number of carbonyl (C=O) groups excluding carboxylic acids is 1. The number of hydrogen-bond acceptors (Lipinski definition) is 3. The summed E-state index contributed by atoms with van der Waals surface area (Å²) in [5.74, 6) is 1.10. The van der Waals surface area contributed by atoms with E-state index in [-0.39, 0.29) is 11.3 Å². The highest BCUT2D eigenvalue weighted by Gasteiger charge is 2.35. The molecule has 1 fully saturated rings. The normalized spacial score (nSPS) is 18.2. The van der Waals surface area contributed by atoms with Crippen LogP contribution in [-0.4, -0.2) is 27.6 Å². The largest absolute Gasteiger partial charge is 0.356 e. The van der Waals surface area contributed by atoms with Crippen LogP contribution >= 0.6 is 0 Å². The molecule has 0 aromatic carbocycles. The second kappa shape index (κ2) is 5.29. The van der Waals surface area contributed by atoms with Crippen molar-refractivity contribution in [2.24, 2.45) is 5.41 Å². The molecule has 1 aromatic heterocycles. The quantitative estimate of drug-likeness (QED) is 0.760. The van der Waals surface area contributed by atoms with Gasteiger partial charge in [-0.1, -0.05) is 19.8 Å². The summed E-state index contributed by atoms with van der Waals surface area (Å²) in [6.07, 6.45) is 7.66. The monoisotopic (exact) mass is 236 g/mol. The van der Waals surface area contributed by atoms with Gasteiger partial charge >= 0.3 is 0 Å². The van der Waals surface area contributed by atoms with E-state index in [9.17, 15) is 4.79 Å². The van der Waals surface area contributed by atoms with Gasteiger partial charge in [-0.15, -0.1) is 0 Å². The van der Waals surface area contributed by atoms with Gasteiger partial charge in [0.25, 0.3) is 0 Å². The fraction of sp³-hybridized carbons (Fsp3) is 0.750. The number of aromatic amines is 1. The number of aromatic nitrogens is 3. The van der Waals surface area contributed by atoms with Gasteiger partial charge in [-0.25, -0.2) is 4.98 Å². The second-order valence-electron chi connectivity index (χ2n) is 5.06. The minimum absolute atomic E-state index is 0.119. The van der Waals surface area contributed by atoms with E-state index in [4.69, 9.17) is 0 Å². The molecular weight excluding hydrogens is 216 g/mol. The summed E-state index contributed by atoms with van der Waals surface area (Å²) in [7, 11) is 0. The van der Waals surface area contributed by atoms with Crippen LogP contribution in [0.3, 0.4) is 0 Å². The van der Waals surface area contributed by atoms with Crippen molar-refractivity contribution >= 4 is 5.91 Å². The molecule has 5 heteroatoms. The first kappa shape index (κ1) is 12.1. The van der Waals surface area contributed by atoms with E-state index in [1.165, 1.54) is 19.2 Å². The molecule has 0 spiro atoms. The first-order valence-corrected chi connectivity index (χ1v) is 6.33. The van der Waals surface area contributed by atoms with E-state index in [1.807, 2.05) is 0 Å². The van der Waals surface area contributed by atoms with Gasteiger partial charge < -0.3 is 5.32 Å². The van der Waals surface area contributed by atoms with Crippen LogP contribution in [0.25, 0.3) is 0 Å². The Morgan fingerprint density at radius 2 is 2.29 bits per heavy atom. The van der Waals surface area contributed by atoms with Crippen LogP contribution in [-0.2, 0) is 11.2 Å². The predicted octanol–water partition coefficient (Wildman–Crippen LogP) is 1.43. The lowest BCUT2D eigenvalue weighted by atomic mass is 9.88. The van der Waals surface area contributed by atoms with Crippen molar-refractivity contribution in [3.05, 3.63) is 12.2 Å². The number of amides is 1. The molecule has 2 N–H and O–H groups in total. The highest BCUT2D eigenvalue weighted by atomic mass is 16.2. The Labute approximate surface area is 101 Å². The third kappa shape index (κ3) is 3.05. The molecule has 0 unspecified atom stereocenters. The van der Waals surface area contributed by atoms with Crippen molar-refractivity contribution in [1.29, 1.82) is 0 Å². The number of nitrogens with one attached hydrogen (secondary N) is 2. The van der Waals surface area contributed by atoms with Gasteiger partial charge in [0.15, 0.2) is 0 Å².